The molecule has 0 fully saturated rings. The van der Waals surface area contributed by atoms with Gasteiger partial charge in [-0.15, -0.1) is 10.2 Å². The van der Waals surface area contributed by atoms with Crippen LogP contribution in [0.1, 0.15) is 12.7 Å². The minimum atomic E-state index is -0.150. The Morgan fingerprint density at radius 3 is 2.77 bits per heavy atom. The van der Waals surface area contributed by atoms with Gasteiger partial charge in [-0.2, -0.15) is 0 Å². The quantitative estimate of drug-likeness (QED) is 0.397. The van der Waals surface area contributed by atoms with Crippen LogP contribution in [0.5, 0.6) is 5.75 Å². The third kappa shape index (κ3) is 5.28. The van der Waals surface area contributed by atoms with Gasteiger partial charge in [-0.3, -0.25) is 14.3 Å². The van der Waals surface area contributed by atoms with Crippen molar-refractivity contribution in [1.82, 2.24) is 24.7 Å². The number of hydrogen-bond acceptors (Lipinski definition) is 8. The fraction of sp³-hybridized carbons (Fsp3) is 0.190. The zero-order valence-corrected chi connectivity index (χ0v) is 17.6. The number of aromatic nitrogens is 5. The molecular formula is C21H20N6O3S. The van der Waals surface area contributed by atoms with Gasteiger partial charge < -0.3 is 14.5 Å². The number of thioether (sulfide) groups is 1. The lowest BCUT2D eigenvalue weighted by Gasteiger charge is -2.09. The molecule has 0 unspecified atom stereocenters. The number of carbonyl (C=O) groups excluding carboxylic acids is 1. The molecule has 1 amide bonds. The number of nitrogens with one attached hydrogen (secondary N) is 1. The average molecular weight is 436 g/mol. The van der Waals surface area contributed by atoms with Crippen LogP contribution in [0, 0.1) is 0 Å². The topological polar surface area (TPSA) is 108 Å². The predicted molar refractivity (Wildman–Crippen MR) is 116 cm³/mol. The molecule has 4 aromatic rings. The van der Waals surface area contributed by atoms with Crippen molar-refractivity contribution in [2.45, 2.75) is 18.6 Å². The summed E-state index contributed by atoms with van der Waals surface area (Å²) in [4.78, 5) is 20.8. The largest absolute Gasteiger partial charge is 0.494 e. The zero-order valence-electron chi connectivity index (χ0n) is 16.8. The lowest BCUT2D eigenvalue weighted by Crippen LogP contribution is -2.14. The van der Waals surface area contributed by atoms with E-state index < -0.39 is 0 Å². The van der Waals surface area contributed by atoms with Gasteiger partial charge in [-0.1, -0.05) is 11.8 Å². The van der Waals surface area contributed by atoms with Gasteiger partial charge in [0.25, 0.3) is 0 Å². The fourth-order valence-corrected chi connectivity index (χ4v) is 3.57. The second-order valence-electron chi connectivity index (χ2n) is 6.36. The summed E-state index contributed by atoms with van der Waals surface area (Å²) in [7, 11) is 0. The van der Waals surface area contributed by atoms with E-state index in [2.05, 4.69) is 25.5 Å². The first-order chi connectivity index (χ1) is 15.2. The van der Waals surface area contributed by atoms with Gasteiger partial charge in [0.2, 0.25) is 5.91 Å². The number of ether oxygens (including phenoxy) is 1. The van der Waals surface area contributed by atoms with Crippen LogP contribution in [-0.2, 0) is 11.3 Å². The van der Waals surface area contributed by atoms with E-state index in [0.717, 1.165) is 11.5 Å². The molecule has 0 spiro atoms. The van der Waals surface area contributed by atoms with Crippen molar-refractivity contribution in [3.05, 3.63) is 67.0 Å². The van der Waals surface area contributed by atoms with Crippen molar-refractivity contribution in [1.29, 1.82) is 0 Å². The van der Waals surface area contributed by atoms with E-state index in [1.54, 1.807) is 37.0 Å². The van der Waals surface area contributed by atoms with Gasteiger partial charge in [0.1, 0.15) is 17.2 Å². The number of furan rings is 1. The molecule has 158 valence electrons. The molecule has 0 aliphatic rings. The van der Waals surface area contributed by atoms with E-state index in [9.17, 15) is 4.79 Å². The second kappa shape index (κ2) is 9.90. The minimum absolute atomic E-state index is 0.150. The fourth-order valence-electron chi connectivity index (χ4n) is 2.83. The van der Waals surface area contributed by atoms with E-state index >= 15 is 0 Å². The molecule has 0 atom stereocenters. The Balaban J connectivity index is 1.46. The number of anilines is 1. The van der Waals surface area contributed by atoms with Crippen LogP contribution in [-0.4, -0.2) is 43.0 Å². The molecule has 0 aliphatic carbocycles. The Kier molecular flexibility index (Phi) is 6.58. The van der Waals surface area contributed by atoms with Crippen LogP contribution in [0.2, 0.25) is 0 Å². The highest BCUT2D eigenvalue weighted by molar-refractivity contribution is 7.99. The first-order valence-electron chi connectivity index (χ1n) is 9.60. The van der Waals surface area contributed by atoms with Crippen molar-refractivity contribution in [2.24, 2.45) is 0 Å². The Labute approximate surface area is 182 Å². The molecule has 1 N–H and O–H groups in total. The van der Waals surface area contributed by atoms with Crippen molar-refractivity contribution in [3.63, 3.8) is 0 Å². The smallest absolute Gasteiger partial charge is 0.234 e. The van der Waals surface area contributed by atoms with Gasteiger partial charge in [0.05, 0.1) is 31.4 Å². The Morgan fingerprint density at radius 1 is 1.19 bits per heavy atom. The zero-order chi connectivity index (χ0) is 21.5. The van der Waals surface area contributed by atoms with Gasteiger partial charge in [-0.05, 0) is 43.3 Å². The van der Waals surface area contributed by atoms with Crippen LogP contribution in [0.25, 0.3) is 11.5 Å². The highest BCUT2D eigenvalue weighted by Crippen LogP contribution is 2.24. The molecule has 4 rings (SSSR count). The summed E-state index contributed by atoms with van der Waals surface area (Å²) >= 11 is 1.29. The monoisotopic (exact) mass is 436 g/mol. The van der Waals surface area contributed by atoms with Crippen LogP contribution < -0.4 is 10.1 Å². The van der Waals surface area contributed by atoms with Gasteiger partial charge in [-0.25, -0.2) is 4.98 Å². The summed E-state index contributed by atoms with van der Waals surface area (Å²) in [6, 6.07) is 10.9. The highest BCUT2D eigenvalue weighted by atomic mass is 32.2. The van der Waals surface area contributed by atoms with E-state index in [1.807, 2.05) is 35.8 Å². The Morgan fingerprint density at radius 2 is 2.06 bits per heavy atom. The Bertz CT molecular complexity index is 1110. The van der Waals surface area contributed by atoms with E-state index in [1.165, 1.54) is 11.8 Å². The lowest BCUT2D eigenvalue weighted by molar-refractivity contribution is -0.113. The minimum Gasteiger partial charge on any atom is -0.494 e. The molecule has 0 saturated carbocycles. The van der Waals surface area contributed by atoms with Crippen LogP contribution in [0.3, 0.4) is 0 Å². The van der Waals surface area contributed by atoms with Crippen molar-refractivity contribution in [3.8, 4) is 17.3 Å². The van der Waals surface area contributed by atoms with Crippen molar-refractivity contribution < 1.29 is 13.9 Å². The third-order valence-electron chi connectivity index (χ3n) is 4.18. The molecule has 3 aromatic heterocycles. The summed E-state index contributed by atoms with van der Waals surface area (Å²) < 4.78 is 12.7. The average Bonchev–Trinajstić information content (AvgIpc) is 3.45. The number of benzene rings is 1. The highest BCUT2D eigenvalue weighted by Gasteiger charge is 2.18. The number of rotatable bonds is 9. The van der Waals surface area contributed by atoms with E-state index in [4.69, 9.17) is 9.15 Å². The van der Waals surface area contributed by atoms with Gasteiger partial charge in [0, 0.05) is 18.1 Å². The Hall–Kier alpha value is -3.66. The molecule has 0 aliphatic heterocycles. The summed E-state index contributed by atoms with van der Waals surface area (Å²) in [5.41, 5.74) is 1.29. The second-order valence-corrected chi connectivity index (χ2v) is 7.30. The molecule has 3 heterocycles. The summed E-state index contributed by atoms with van der Waals surface area (Å²) in [6.45, 7) is 2.93. The van der Waals surface area contributed by atoms with Crippen molar-refractivity contribution >= 4 is 23.4 Å². The van der Waals surface area contributed by atoms with Gasteiger partial charge in [0.15, 0.2) is 11.0 Å². The van der Waals surface area contributed by atoms with Crippen LogP contribution >= 0.6 is 11.8 Å². The van der Waals surface area contributed by atoms with Crippen molar-refractivity contribution in [2.75, 3.05) is 17.7 Å². The summed E-state index contributed by atoms with van der Waals surface area (Å²) in [6.07, 6.45) is 6.42. The molecule has 0 saturated heterocycles. The standard InChI is InChI=1S/C21H20N6O3S/c1-2-29-16-7-5-15(6-8-16)24-19(28)14-31-21-26-25-20(18-12-22-9-10-23-18)27(21)13-17-4-3-11-30-17/h3-12H,2,13-14H2,1H3,(H,24,28). The summed E-state index contributed by atoms with van der Waals surface area (Å²) in [5, 5.41) is 12.0. The summed E-state index contributed by atoms with van der Waals surface area (Å²) in [5.74, 6) is 2.08. The first kappa shape index (κ1) is 20.6. The lowest BCUT2D eigenvalue weighted by atomic mass is 10.3. The number of hydrogen-bond donors (Lipinski definition) is 1. The van der Waals surface area contributed by atoms with E-state index in [0.29, 0.717) is 35.5 Å². The maximum atomic E-state index is 12.4. The molecule has 31 heavy (non-hydrogen) atoms. The third-order valence-corrected chi connectivity index (χ3v) is 5.15. The molecule has 1 aromatic carbocycles. The number of nitrogens with zero attached hydrogens (tertiary/aromatic N) is 5. The number of amides is 1. The normalized spacial score (nSPS) is 10.7. The van der Waals surface area contributed by atoms with Crippen LogP contribution in [0.4, 0.5) is 5.69 Å². The molecular weight excluding hydrogens is 416 g/mol. The maximum Gasteiger partial charge on any atom is 0.234 e. The molecule has 9 nitrogen and oxygen atoms in total. The van der Waals surface area contributed by atoms with E-state index in [-0.39, 0.29) is 11.7 Å². The molecule has 10 heteroatoms. The predicted octanol–water partition coefficient (Wildman–Crippen LogP) is 3.51. The van der Waals surface area contributed by atoms with Gasteiger partial charge >= 0.3 is 0 Å². The maximum absolute atomic E-state index is 12.4. The van der Waals surface area contributed by atoms with Crippen LogP contribution in [0.15, 0.2) is 70.8 Å². The molecule has 0 bridgehead atoms. The first-order valence-corrected chi connectivity index (χ1v) is 10.6. The SMILES string of the molecule is CCOc1ccc(NC(=O)CSc2nnc(-c3cnccn3)n2Cc2ccco2)cc1. The molecule has 0 radical (unpaired) electrons. The number of carbonyl (C=O) groups is 1.